The molecule has 0 radical (unpaired) electrons. The number of amides is 1. The van der Waals surface area contributed by atoms with Crippen LogP contribution >= 0.6 is 0 Å². The molecule has 1 rings (SSSR count). The maximum Gasteiger partial charge on any atom is 0.254 e. The van der Waals surface area contributed by atoms with Gasteiger partial charge in [0.05, 0.1) is 17.1 Å². The lowest BCUT2D eigenvalue weighted by Crippen LogP contribution is -2.30. The van der Waals surface area contributed by atoms with Crippen LogP contribution in [0.25, 0.3) is 0 Å². The monoisotopic (exact) mass is 299 g/mol. The molecule has 0 aliphatic rings. The molecule has 0 fully saturated rings. The Bertz CT molecular complexity index is 538. The van der Waals surface area contributed by atoms with Gasteiger partial charge < -0.3 is 5.32 Å². The molecule has 0 saturated heterocycles. The Labute approximate surface area is 119 Å². The molecule has 20 heavy (non-hydrogen) atoms. The molecule has 7 heteroatoms. The zero-order valence-electron chi connectivity index (χ0n) is 12.1. The minimum atomic E-state index is -3.12. The fourth-order valence-corrected chi connectivity index (χ4v) is 3.26. The minimum Gasteiger partial charge on any atom is -0.351 e. The predicted molar refractivity (Wildman–Crippen MR) is 77.2 cm³/mol. The fourth-order valence-electron chi connectivity index (χ4n) is 1.67. The van der Waals surface area contributed by atoms with E-state index in [0.717, 1.165) is 0 Å². The standard InChI is InChI=1S/C13H21N3O3S/c1-4-12-15-7-11(8-16-12)13(17)14-5-6-20(18,19)9-10(2)3/h7-8,10H,4-6,9H2,1-3H3,(H,14,17). The van der Waals surface area contributed by atoms with Crippen molar-refractivity contribution in [3.8, 4) is 0 Å². The van der Waals surface area contributed by atoms with E-state index in [1.807, 2.05) is 20.8 Å². The van der Waals surface area contributed by atoms with Crippen LogP contribution in [0.15, 0.2) is 12.4 Å². The van der Waals surface area contributed by atoms with Crippen LogP contribution in [0.3, 0.4) is 0 Å². The Hall–Kier alpha value is -1.50. The fraction of sp³-hybridized carbons (Fsp3) is 0.615. The van der Waals surface area contributed by atoms with Crippen LogP contribution in [-0.2, 0) is 16.3 Å². The summed E-state index contributed by atoms with van der Waals surface area (Å²) in [7, 11) is -3.12. The van der Waals surface area contributed by atoms with Crippen molar-refractivity contribution in [3.63, 3.8) is 0 Å². The van der Waals surface area contributed by atoms with Crippen molar-refractivity contribution in [2.45, 2.75) is 27.2 Å². The zero-order chi connectivity index (χ0) is 15.2. The third kappa shape index (κ3) is 5.64. The van der Waals surface area contributed by atoms with E-state index in [4.69, 9.17) is 0 Å². The van der Waals surface area contributed by atoms with Crippen molar-refractivity contribution in [3.05, 3.63) is 23.8 Å². The van der Waals surface area contributed by atoms with Gasteiger partial charge in [0, 0.05) is 25.4 Å². The number of carbonyl (C=O) groups is 1. The average molecular weight is 299 g/mol. The topological polar surface area (TPSA) is 89.0 Å². The van der Waals surface area contributed by atoms with Crippen LogP contribution < -0.4 is 5.32 Å². The van der Waals surface area contributed by atoms with E-state index in [9.17, 15) is 13.2 Å². The maximum absolute atomic E-state index is 11.8. The number of hydrogen-bond donors (Lipinski definition) is 1. The Morgan fingerprint density at radius 3 is 2.40 bits per heavy atom. The lowest BCUT2D eigenvalue weighted by Gasteiger charge is -2.08. The highest BCUT2D eigenvalue weighted by Crippen LogP contribution is 2.01. The van der Waals surface area contributed by atoms with Crippen molar-refractivity contribution in [2.24, 2.45) is 5.92 Å². The smallest absolute Gasteiger partial charge is 0.254 e. The lowest BCUT2D eigenvalue weighted by molar-refractivity contribution is 0.0955. The quantitative estimate of drug-likeness (QED) is 0.806. The Morgan fingerprint density at radius 2 is 1.90 bits per heavy atom. The molecule has 0 saturated carbocycles. The molecule has 0 atom stereocenters. The van der Waals surface area contributed by atoms with Gasteiger partial charge in [-0.3, -0.25) is 4.79 Å². The summed E-state index contributed by atoms with van der Waals surface area (Å²) in [5.41, 5.74) is 0.337. The molecule has 0 aromatic carbocycles. The Morgan fingerprint density at radius 1 is 1.30 bits per heavy atom. The van der Waals surface area contributed by atoms with Crippen LogP contribution in [0.2, 0.25) is 0 Å². The van der Waals surface area contributed by atoms with E-state index in [1.165, 1.54) is 12.4 Å². The largest absolute Gasteiger partial charge is 0.351 e. The van der Waals surface area contributed by atoms with E-state index in [1.54, 1.807) is 0 Å². The highest BCUT2D eigenvalue weighted by Gasteiger charge is 2.14. The van der Waals surface area contributed by atoms with Crippen molar-refractivity contribution < 1.29 is 13.2 Å². The van der Waals surface area contributed by atoms with Crippen LogP contribution in [0.1, 0.15) is 37.0 Å². The highest BCUT2D eigenvalue weighted by molar-refractivity contribution is 7.91. The van der Waals surface area contributed by atoms with Gasteiger partial charge in [0.1, 0.15) is 5.82 Å². The number of carbonyl (C=O) groups excluding carboxylic acids is 1. The molecule has 1 aromatic heterocycles. The molecule has 1 N–H and O–H groups in total. The molecule has 1 heterocycles. The van der Waals surface area contributed by atoms with Crippen molar-refractivity contribution in [1.29, 1.82) is 0 Å². The number of aryl methyl sites for hydroxylation is 1. The zero-order valence-corrected chi connectivity index (χ0v) is 12.9. The third-order valence-electron chi connectivity index (χ3n) is 2.57. The number of nitrogens with one attached hydrogen (secondary N) is 1. The number of sulfone groups is 1. The second kappa shape index (κ2) is 7.33. The van der Waals surface area contributed by atoms with Gasteiger partial charge in [-0.2, -0.15) is 0 Å². The Kier molecular flexibility index (Phi) is 6.06. The van der Waals surface area contributed by atoms with E-state index < -0.39 is 9.84 Å². The molecule has 112 valence electrons. The predicted octanol–water partition coefficient (Wildman–Crippen LogP) is 0.840. The number of rotatable bonds is 7. The molecule has 0 aliphatic carbocycles. The molecule has 6 nitrogen and oxygen atoms in total. The summed E-state index contributed by atoms with van der Waals surface area (Å²) in [5.74, 6) is 0.487. The summed E-state index contributed by atoms with van der Waals surface area (Å²) in [5, 5.41) is 2.57. The molecule has 1 aromatic rings. The van der Waals surface area contributed by atoms with Crippen LogP contribution in [-0.4, -0.2) is 42.3 Å². The van der Waals surface area contributed by atoms with Gasteiger partial charge in [-0.25, -0.2) is 18.4 Å². The van der Waals surface area contributed by atoms with Gasteiger partial charge in [0.25, 0.3) is 5.91 Å². The van der Waals surface area contributed by atoms with E-state index in [-0.39, 0.29) is 29.9 Å². The summed E-state index contributed by atoms with van der Waals surface area (Å²) in [6.45, 7) is 5.73. The molecule has 0 aliphatic heterocycles. The van der Waals surface area contributed by atoms with E-state index >= 15 is 0 Å². The van der Waals surface area contributed by atoms with Crippen molar-refractivity contribution in [1.82, 2.24) is 15.3 Å². The molecule has 0 bridgehead atoms. The molecular formula is C13H21N3O3S. The van der Waals surface area contributed by atoms with Crippen molar-refractivity contribution in [2.75, 3.05) is 18.1 Å². The lowest BCUT2D eigenvalue weighted by atomic mass is 10.3. The first-order chi connectivity index (χ1) is 9.34. The highest BCUT2D eigenvalue weighted by atomic mass is 32.2. The number of aromatic nitrogens is 2. The number of hydrogen-bond acceptors (Lipinski definition) is 5. The third-order valence-corrected chi connectivity index (χ3v) is 4.57. The van der Waals surface area contributed by atoms with Gasteiger partial charge >= 0.3 is 0 Å². The van der Waals surface area contributed by atoms with Gasteiger partial charge in [0.2, 0.25) is 0 Å². The van der Waals surface area contributed by atoms with Crippen LogP contribution in [0.4, 0.5) is 0 Å². The van der Waals surface area contributed by atoms with Gasteiger partial charge in [0.15, 0.2) is 9.84 Å². The Balaban J connectivity index is 2.47. The average Bonchev–Trinajstić information content (AvgIpc) is 2.37. The summed E-state index contributed by atoms with van der Waals surface area (Å²) in [6.07, 6.45) is 3.60. The first kappa shape index (κ1) is 16.6. The first-order valence-electron chi connectivity index (χ1n) is 6.63. The maximum atomic E-state index is 11.8. The summed E-state index contributed by atoms with van der Waals surface area (Å²) >= 11 is 0. The van der Waals surface area contributed by atoms with Gasteiger partial charge in [-0.15, -0.1) is 0 Å². The molecule has 1 amide bonds. The van der Waals surface area contributed by atoms with E-state index in [2.05, 4.69) is 15.3 Å². The second-order valence-corrected chi connectivity index (χ2v) is 7.23. The summed E-state index contributed by atoms with van der Waals surface area (Å²) in [4.78, 5) is 19.8. The minimum absolute atomic E-state index is 0.0508. The number of nitrogens with zero attached hydrogens (tertiary/aromatic N) is 2. The van der Waals surface area contributed by atoms with E-state index in [0.29, 0.717) is 17.8 Å². The van der Waals surface area contributed by atoms with Crippen LogP contribution in [0, 0.1) is 5.92 Å². The van der Waals surface area contributed by atoms with Crippen LogP contribution in [0.5, 0.6) is 0 Å². The normalized spacial score (nSPS) is 11.6. The van der Waals surface area contributed by atoms with Gasteiger partial charge in [-0.05, 0) is 5.92 Å². The van der Waals surface area contributed by atoms with Crippen molar-refractivity contribution >= 4 is 15.7 Å². The summed E-state index contributed by atoms with van der Waals surface area (Å²) in [6, 6.07) is 0. The first-order valence-corrected chi connectivity index (χ1v) is 8.45. The SMILES string of the molecule is CCc1ncc(C(=O)NCCS(=O)(=O)CC(C)C)cn1. The molecule has 0 unspecified atom stereocenters. The second-order valence-electron chi connectivity index (χ2n) is 5.01. The van der Waals surface area contributed by atoms with Gasteiger partial charge in [-0.1, -0.05) is 20.8 Å². The molecular weight excluding hydrogens is 278 g/mol. The molecule has 0 spiro atoms. The summed E-state index contributed by atoms with van der Waals surface area (Å²) < 4.78 is 23.3.